The molecule has 0 saturated carbocycles. The summed E-state index contributed by atoms with van der Waals surface area (Å²) in [7, 11) is 3.60. The Labute approximate surface area is 128 Å². The van der Waals surface area contributed by atoms with Crippen molar-refractivity contribution in [1.82, 2.24) is 4.90 Å². The van der Waals surface area contributed by atoms with Gasteiger partial charge in [0.25, 0.3) is 5.69 Å². The van der Waals surface area contributed by atoms with Crippen LogP contribution in [0.2, 0.25) is 0 Å². The van der Waals surface area contributed by atoms with E-state index in [9.17, 15) is 14.9 Å². The lowest BCUT2D eigenvalue weighted by atomic mass is 9.96. The van der Waals surface area contributed by atoms with Crippen molar-refractivity contribution in [3.05, 3.63) is 82.0 Å². The first-order valence-electron chi connectivity index (χ1n) is 6.72. The Hall–Kier alpha value is -2.95. The summed E-state index contributed by atoms with van der Waals surface area (Å²) >= 11 is 0. The standard InChI is InChI=1S/C17H16N2O3/c1-18(2)12-15(13-8-4-3-5-9-13)17(20)14-10-6-7-11-16(14)19(21)22/h3-12H,1-2H3. The normalized spacial score (nSPS) is 11.1. The first-order chi connectivity index (χ1) is 10.5. The number of carbonyl (C=O) groups excluding carboxylic acids is 1. The number of Topliss-reactive ketones (excluding diaryl/α,β-unsaturated/α-hetero) is 1. The van der Waals surface area contributed by atoms with E-state index in [2.05, 4.69) is 0 Å². The van der Waals surface area contributed by atoms with E-state index in [1.807, 2.05) is 30.3 Å². The zero-order valence-electron chi connectivity index (χ0n) is 12.4. The Balaban J connectivity index is 2.55. The van der Waals surface area contributed by atoms with Crippen molar-refractivity contribution in [2.45, 2.75) is 0 Å². The molecule has 0 heterocycles. The monoisotopic (exact) mass is 296 g/mol. The van der Waals surface area contributed by atoms with Crippen molar-refractivity contribution >= 4 is 17.0 Å². The van der Waals surface area contributed by atoms with Gasteiger partial charge in [-0.15, -0.1) is 0 Å². The molecular weight excluding hydrogens is 280 g/mol. The second-order valence-corrected chi connectivity index (χ2v) is 4.98. The van der Waals surface area contributed by atoms with Gasteiger partial charge in [-0.05, 0) is 11.6 Å². The third kappa shape index (κ3) is 3.38. The van der Waals surface area contributed by atoms with Gasteiger partial charge in [-0.3, -0.25) is 14.9 Å². The average molecular weight is 296 g/mol. The molecule has 112 valence electrons. The van der Waals surface area contributed by atoms with Gasteiger partial charge < -0.3 is 4.90 Å². The van der Waals surface area contributed by atoms with Gasteiger partial charge in [-0.1, -0.05) is 42.5 Å². The van der Waals surface area contributed by atoms with Crippen LogP contribution in [0.1, 0.15) is 15.9 Å². The molecule has 0 aliphatic heterocycles. The van der Waals surface area contributed by atoms with E-state index in [0.717, 1.165) is 5.56 Å². The molecule has 0 aromatic heterocycles. The molecule has 0 radical (unpaired) electrons. The number of carbonyl (C=O) groups is 1. The van der Waals surface area contributed by atoms with Crippen LogP contribution in [0.5, 0.6) is 0 Å². The Morgan fingerprint density at radius 2 is 1.64 bits per heavy atom. The first-order valence-corrected chi connectivity index (χ1v) is 6.72. The van der Waals surface area contributed by atoms with Crippen LogP contribution in [0.15, 0.2) is 60.8 Å². The van der Waals surface area contributed by atoms with Crippen molar-refractivity contribution in [3.63, 3.8) is 0 Å². The SMILES string of the molecule is CN(C)C=C(C(=O)c1ccccc1[N+](=O)[O-])c1ccccc1. The summed E-state index contributed by atoms with van der Waals surface area (Å²) in [5.41, 5.74) is 1.04. The molecule has 0 saturated heterocycles. The summed E-state index contributed by atoms with van der Waals surface area (Å²) in [6.07, 6.45) is 1.67. The zero-order chi connectivity index (χ0) is 16.1. The first kappa shape index (κ1) is 15.4. The van der Waals surface area contributed by atoms with Crippen molar-refractivity contribution in [2.24, 2.45) is 0 Å². The van der Waals surface area contributed by atoms with Crippen LogP contribution >= 0.6 is 0 Å². The lowest BCUT2D eigenvalue weighted by molar-refractivity contribution is -0.385. The lowest BCUT2D eigenvalue weighted by Gasteiger charge is -2.12. The van der Waals surface area contributed by atoms with E-state index in [1.54, 1.807) is 37.3 Å². The van der Waals surface area contributed by atoms with Crippen molar-refractivity contribution in [3.8, 4) is 0 Å². The largest absolute Gasteiger partial charge is 0.383 e. The highest BCUT2D eigenvalue weighted by molar-refractivity contribution is 6.30. The van der Waals surface area contributed by atoms with Gasteiger partial charge in [-0.25, -0.2) is 0 Å². The van der Waals surface area contributed by atoms with Crippen molar-refractivity contribution < 1.29 is 9.72 Å². The summed E-state index contributed by atoms with van der Waals surface area (Å²) in [4.78, 5) is 25.1. The van der Waals surface area contributed by atoms with E-state index >= 15 is 0 Å². The molecule has 0 unspecified atom stereocenters. The van der Waals surface area contributed by atoms with Gasteiger partial charge >= 0.3 is 0 Å². The Morgan fingerprint density at radius 3 is 2.23 bits per heavy atom. The fourth-order valence-corrected chi connectivity index (χ4v) is 2.11. The van der Waals surface area contributed by atoms with E-state index in [0.29, 0.717) is 5.57 Å². The summed E-state index contributed by atoms with van der Waals surface area (Å²) in [6, 6.07) is 15.1. The maximum absolute atomic E-state index is 12.8. The van der Waals surface area contributed by atoms with Crippen molar-refractivity contribution in [2.75, 3.05) is 14.1 Å². The number of nitro benzene ring substituents is 1. The number of ketones is 1. The third-order valence-corrected chi connectivity index (χ3v) is 3.06. The van der Waals surface area contributed by atoms with Crippen LogP contribution < -0.4 is 0 Å². The molecule has 0 atom stereocenters. The van der Waals surface area contributed by atoms with Gasteiger partial charge in [0.15, 0.2) is 0 Å². The molecule has 0 fully saturated rings. The number of benzene rings is 2. The van der Waals surface area contributed by atoms with E-state index < -0.39 is 4.92 Å². The summed E-state index contributed by atoms with van der Waals surface area (Å²) in [5.74, 6) is -0.368. The second kappa shape index (κ2) is 6.67. The predicted molar refractivity (Wildman–Crippen MR) is 85.5 cm³/mol. The third-order valence-electron chi connectivity index (χ3n) is 3.06. The molecule has 0 aliphatic rings. The minimum Gasteiger partial charge on any atom is -0.383 e. The number of rotatable bonds is 5. The number of nitro groups is 1. The highest BCUT2D eigenvalue weighted by Gasteiger charge is 2.23. The van der Waals surface area contributed by atoms with Crippen LogP contribution in [0, 0.1) is 10.1 Å². The van der Waals surface area contributed by atoms with Crippen LogP contribution in [0.25, 0.3) is 5.57 Å². The summed E-state index contributed by atoms with van der Waals surface area (Å²) < 4.78 is 0. The second-order valence-electron chi connectivity index (χ2n) is 4.98. The minimum atomic E-state index is -0.536. The molecule has 2 aromatic carbocycles. The number of nitrogens with zero attached hydrogens (tertiary/aromatic N) is 2. The highest BCUT2D eigenvalue weighted by atomic mass is 16.6. The summed E-state index contributed by atoms with van der Waals surface area (Å²) in [5, 5.41) is 11.1. The Morgan fingerprint density at radius 1 is 1.05 bits per heavy atom. The maximum Gasteiger partial charge on any atom is 0.280 e. The fourth-order valence-electron chi connectivity index (χ4n) is 2.11. The Bertz CT molecular complexity index is 722. The summed E-state index contributed by atoms with van der Waals surface area (Å²) in [6.45, 7) is 0. The van der Waals surface area contributed by atoms with Crippen LogP contribution in [0.4, 0.5) is 5.69 Å². The van der Waals surface area contributed by atoms with Gasteiger partial charge in [-0.2, -0.15) is 0 Å². The number of allylic oxidation sites excluding steroid dienone is 1. The molecule has 0 N–H and O–H groups in total. The maximum atomic E-state index is 12.8. The van der Waals surface area contributed by atoms with Crippen LogP contribution in [-0.4, -0.2) is 29.7 Å². The van der Waals surface area contributed by atoms with E-state index in [1.165, 1.54) is 12.1 Å². The smallest absolute Gasteiger partial charge is 0.280 e. The molecule has 0 amide bonds. The molecule has 2 rings (SSSR count). The van der Waals surface area contributed by atoms with Crippen molar-refractivity contribution in [1.29, 1.82) is 0 Å². The van der Waals surface area contributed by atoms with Gasteiger partial charge in [0.1, 0.15) is 5.56 Å². The number of hydrogen-bond donors (Lipinski definition) is 0. The Kier molecular flexibility index (Phi) is 4.68. The van der Waals surface area contributed by atoms with Crippen LogP contribution in [0.3, 0.4) is 0 Å². The van der Waals surface area contributed by atoms with Gasteiger partial charge in [0, 0.05) is 31.9 Å². The highest BCUT2D eigenvalue weighted by Crippen LogP contribution is 2.26. The van der Waals surface area contributed by atoms with Crippen LogP contribution in [-0.2, 0) is 0 Å². The van der Waals surface area contributed by atoms with E-state index in [-0.39, 0.29) is 17.0 Å². The molecule has 22 heavy (non-hydrogen) atoms. The molecule has 5 nitrogen and oxygen atoms in total. The molecule has 0 bridgehead atoms. The topological polar surface area (TPSA) is 63.5 Å². The van der Waals surface area contributed by atoms with E-state index in [4.69, 9.17) is 0 Å². The number of hydrogen-bond acceptors (Lipinski definition) is 4. The average Bonchev–Trinajstić information content (AvgIpc) is 2.52. The zero-order valence-corrected chi connectivity index (χ0v) is 12.4. The minimum absolute atomic E-state index is 0.0875. The van der Waals surface area contributed by atoms with Gasteiger partial charge in [0.05, 0.1) is 4.92 Å². The quantitative estimate of drug-likeness (QED) is 0.367. The predicted octanol–water partition coefficient (Wildman–Crippen LogP) is 3.38. The lowest BCUT2D eigenvalue weighted by Crippen LogP contribution is -2.11. The fraction of sp³-hybridized carbons (Fsp3) is 0.118. The molecular formula is C17H16N2O3. The molecule has 0 aliphatic carbocycles. The van der Waals surface area contributed by atoms with Gasteiger partial charge in [0.2, 0.25) is 5.78 Å². The molecule has 0 spiro atoms. The molecule has 5 heteroatoms. The number of para-hydroxylation sites is 1. The molecule has 2 aromatic rings.